The van der Waals surface area contributed by atoms with Gasteiger partial charge in [-0.3, -0.25) is 14.2 Å². The van der Waals surface area contributed by atoms with Crippen LogP contribution in [0.1, 0.15) is 0 Å². The second kappa shape index (κ2) is 6.91. The van der Waals surface area contributed by atoms with E-state index in [9.17, 15) is 9.59 Å². The number of hydrogen-bond acceptors (Lipinski definition) is 3. The minimum absolute atomic E-state index is 0.0700. The summed E-state index contributed by atoms with van der Waals surface area (Å²) in [6.07, 6.45) is 3.08. The Morgan fingerprint density at radius 2 is 1.83 bits per heavy atom. The van der Waals surface area contributed by atoms with Gasteiger partial charge in [0.2, 0.25) is 5.91 Å². The van der Waals surface area contributed by atoms with Gasteiger partial charge in [-0.2, -0.15) is 0 Å². The summed E-state index contributed by atoms with van der Waals surface area (Å²) in [5, 5.41) is 0.503. The quantitative estimate of drug-likeness (QED) is 0.679. The number of benzene rings is 2. The van der Waals surface area contributed by atoms with E-state index in [1.807, 2.05) is 36.4 Å². The highest BCUT2D eigenvalue weighted by Gasteiger charge is 2.16. The minimum Gasteiger partial charge on any atom is -0.307 e. The van der Waals surface area contributed by atoms with Crippen LogP contribution in [0.5, 0.6) is 0 Å². The first-order valence-corrected chi connectivity index (χ1v) is 7.61. The molecule has 0 aliphatic heterocycles. The minimum atomic E-state index is -0.222. The van der Waals surface area contributed by atoms with Crippen LogP contribution in [0, 0.1) is 0 Å². The van der Waals surface area contributed by atoms with E-state index in [4.69, 9.17) is 0 Å². The Labute approximate surface area is 139 Å². The van der Waals surface area contributed by atoms with Crippen molar-refractivity contribution in [3.63, 3.8) is 0 Å². The van der Waals surface area contributed by atoms with Crippen molar-refractivity contribution in [1.29, 1.82) is 0 Å². The molecule has 0 spiro atoms. The molecular weight excluding hydrogens is 302 g/mol. The van der Waals surface area contributed by atoms with E-state index in [1.54, 1.807) is 29.2 Å². The molecule has 24 heavy (non-hydrogen) atoms. The van der Waals surface area contributed by atoms with Gasteiger partial charge in [0, 0.05) is 12.2 Å². The molecule has 5 nitrogen and oxygen atoms in total. The Balaban J connectivity index is 1.92. The predicted octanol–water partition coefficient (Wildman–Crippen LogP) is 2.62. The van der Waals surface area contributed by atoms with Crippen molar-refractivity contribution < 1.29 is 4.79 Å². The standard InChI is InChI=1S/C19H17N3O2/c1-2-12-22(15-8-4-3-5-9-15)18(23)13-21-14-20-17-11-7-6-10-16(17)19(21)24/h2-11,14H,1,12-13H2. The maximum atomic E-state index is 12.7. The van der Waals surface area contributed by atoms with Crippen molar-refractivity contribution in [3.8, 4) is 0 Å². The van der Waals surface area contributed by atoms with Gasteiger partial charge in [0.25, 0.3) is 5.56 Å². The number of fused-ring (bicyclic) bond motifs is 1. The molecule has 2 aromatic carbocycles. The highest BCUT2D eigenvalue weighted by Crippen LogP contribution is 2.14. The Bertz CT molecular complexity index is 932. The molecule has 0 bridgehead atoms. The van der Waals surface area contributed by atoms with Crippen molar-refractivity contribution in [1.82, 2.24) is 9.55 Å². The average Bonchev–Trinajstić information content (AvgIpc) is 2.63. The fourth-order valence-corrected chi connectivity index (χ4v) is 2.54. The summed E-state index contributed by atoms with van der Waals surface area (Å²) in [6, 6.07) is 16.4. The molecule has 1 amide bonds. The molecule has 3 aromatic rings. The molecule has 0 fully saturated rings. The van der Waals surface area contributed by atoms with Gasteiger partial charge >= 0.3 is 0 Å². The summed E-state index contributed by atoms with van der Waals surface area (Å²) in [5.74, 6) is -0.194. The van der Waals surface area contributed by atoms with Crippen molar-refractivity contribution in [2.24, 2.45) is 0 Å². The van der Waals surface area contributed by atoms with Crippen molar-refractivity contribution in [2.75, 3.05) is 11.4 Å². The van der Waals surface area contributed by atoms with Crippen LogP contribution in [-0.4, -0.2) is 22.0 Å². The molecule has 0 unspecified atom stereocenters. The van der Waals surface area contributed by atoms with Crippen molar-refractivity contribution >= 4 is 22.5 Å². The van der Waals surface area contributed by atoms with Crippen LogP contribution < -0.4 is 10.5 Å². The van der Waals surface area contributed by atoms with Crippen LogP contribution in [0.2, 0.25) is 0 Å². The van der Waals surface area contributed by atoms with Gasteiger partial charge in [-0.1, -0.05) is 36.4 Å². The summed E-state index contributed by atoms with van der Waals surface area (Å²) >= 11 is 0. The number of amides is 1. The molecular formula is C19H17N3O2. The molecule has 0 aliphatic rings. The van der Waals surface area contributed by atoms with Gasteiger partial charge in [0.15, 0.2) is 0 Å². The van der Waals surface area contributed by atoms with Crippen LogP contribution in [0.3, 0.4) is 0 Å². The first kappa shape index (κ1) is 15.7. The van der Waals surface area contributed by atoms with Crippen LogP contribution in [0.15, 0.2) is 78.4 Å². The summed E-state index contributed by atoms with van der Waals surface area (Å²) in [6.45, 7) is 4.00. The van der Waals surface area contributed by atoms with Gasteiger partial charge in [0.05, 0.1) is 17.2 Å². The maximum absolute atomic E-state index is 12.7. The van der Waals surface area contributed by atoms with Crippen molar-refractivity contribution in [2.45, 2.75) is 6.54 Å². The number of nitrogens with zero attached hydrogens (tertiary/aromatic N) is 3. The van der Waals surface area contributed by atoms with E-state index in [0.29, 0.717) is 17.4 Å². The van der Waals surface area contributed by atoms with Gasteiger partial charge < -0.3 is 4.90 Å². The van der Waals surface area contributed by atoms with Crippen LogP contribution in [0.25, 0.3) is 10.9 Å². The molecule has 120 valence electrons. The highest BCUT2D eigenvalue weighted by atomic mass is 16.2. The average molecular weight is 319 g/mol. The highest BCUT2D eigenvalue weighted by molar-refractivity contribution is 5.93. The van der Waals surface area contributed by atoms with Gasteiger partial charge in [0.1, 0.15) is 6.54 Å². The summed E-state index contributed by atoms with van der Waals surface area (Å²) in [7, 11) is 0. The zero-order chi connectivity index (χ0) is 16.9. The molecule has 3 rings (SSSR count). The lowest BCUT2D eigenvalue weighted by Gasteiger charge is -2.21. The Hall–Kier alpha value is -3.21. The van der Waals surface area contributed by atoms with E-state index < -0.39 is 0 Å². The monoisotopic (exact) mass is 319 g/mol. The molecule has 0 saturated heterocycles. The summed E-state index contributed by atoms with van der Waals surface area (Å²) in [4.78, 5) is 31.0. The summed E-state index contributed by atoms with van der Waals surface area (Å²) in [5.41, 5.74) is 1.17. The van der Waals surface area contributed by atoms with E-state index >= 15 is 0 Å². The first-order chi connectivity index (χ1) is 11.7. The molecule has 0 N–H and O–H groups in total. The molecule has 5 heteroatoms. The maximum Gasteiger partial charge on any atom is 0.261 e. The normalized spacial score (nSPS) is 10.5. The van der Waals surface area contributed by atoms with Crippen LogP contribution in [-0.2, 0) is 11.3 Å². The number of aromatic nitrogens is 2. The van der Waals surface area contributed by atoms with Crippen LogP contribution in [0.4, 0.5) is 5.69 Å². The number of rotatable bonds is 5. The SMILES string of the molecule is C=CCN(C(=O)Cn1cnc2ccccc2c1=O)c1ccccc1. The van der Waals surface area contributed by atoms with E-state index in [2.05, 4.69) is 11.6 Å². The lowest BCUT2D eigenvalue weighted by molar-refractivity contribution is -0.119. The third-order valence-corrected chi connectivity index (χ3v) is 3.72. The van der Waals surface area contributed by atoms with E-state index in [0.717, 1.165) is 5.69 Å². The number of carbonyl (C=O) groups is 1. The third kappa shape index (κ3) is 3.10. The Morgan fingerprint density at radius 1 is 1.12 bits per heavy atom. The number of anilines is 1. The molecule has 0 aliphatic carbocycles. The zero-order valence-electron chi connectivity index (χ0n) is 13.1. The smallest absolute Gasteiger partial charge is 0.261 e. The number of carbonyl (C=O) groups excluding carboxylic acids is 1. The Kier molecular flexibility index (Phi) is 4.52. The van der Waals surface area contributed by atoms with Gasteiger partial charge in [-0.05, 0) is 24.3 Å². The fraction of sp³-hybridized carbons (Fsp3) is 0.105. The molecule has 1 aromatic heterocycles. The molecule has 0 saturated carbocycles. The van der Waals surface area contributed by atoms with E-state index in [1.165, 1.54) is 10.9 Å². The van der Waals surface area contributed by atoms with Crippen molar-refractivity contribution in [3.05, 3.63) is 83.9 Å². The zero-order valence-corrected chi connectivity index (χ0v) is 13.1. The topological polar surface area (TPSA) is 55.2 Å². The lowest BCUT2D eigenvalue weighted by atomic mass is 10.2. The van der Waals surface area contributed by atoms with E-state index in [-0.39, 0.29) is 18.0 Å². The second-order valence-corrected chi connectivity index (χ2v) is 5.32. The van der Waals surface area contributed by atoms with Crippen LogP contribution >= 0.6 is 0 Å². The largest absolute Gasteiger partial charge is 0.307 e. The summed E-state index contributed by atoms with van der Waals surface area (Å²) < 4.78 is 1.34. The predicted molar refractivity (Wildman–Crippen MR) is 95.0 cm³/mol. The first-order valence-electron chi connectivity index (χ1n) is 7.61. The third-order valence-electron chi connectivity index (χ3n) is 3.72. The van der Waals surface area contributed by atoms with Gasteiger partial charge in [-0.15, -0.1) is 6.58 Å². The second-order valence-electron chi connectivity index (χ2n) is 5.32. The van der Waals surface area contributed by atoms with Gasteiger partial charge in [-0.25, -0.2) is 4.98 Å². The number of para-hydroxylation sites is 2. The molecule has 0 radical (unpaired) electrons. The molecule has 0 atom stereocenters. The molecule has 1 heterocycles. The lowest BCUT2D eigenvalue weighted by Crippen LogP contribution is -2.36. The fourth-order valence-electron chi connectivity index (χ4n) is 2.54. The Morgan fingerprint density at radius 3 is 2.58 bits per heavy atom. The number of hydrogen-bond donors (Lipinski definition) is 0.